The SMILES string of the molecule is N#Cc1ccc(C(=O)N2CCc3sc(C(=O)NCC(O)CN4CCc5ccccc5C4)cc3C2)cc1. The molecule has 0 fully saturated rings. The Kier molecular flexibility index (Phi) is 7.14. The Bertz CT molecular complexity index is 1310. The van der Waals surface area contributed by atoms with Crippen LogP contribution in [0.4, 0.5) is 0 Å². The van der Waals surface area contributed by atoms with Crippen molar-refractivity contribution in [2.24, 2.45) is 0 Å². The average Bonchev–Trinajstić information content (AvgIpc) is 3.35. The molecule has 7 nitrogen and oxygen atoms in total. The van der Waals surface area contributed by atoms with Crippen LogP contribution in [-0.2, 0) is 25.9 Å². The number of carbonyl (C=O) groups is 2. The molecule has 3 aromatic rings. The molecule has 1 unspecified atom stereocenters. The molecule has 5 rings (SSSR count). The van der Waals surface area contributed by atoms with Gasteiger partial charge in [-0.25, -0.2) is 0 Å². The van der Waals surface area contributed by atoms with Crippen molar-refractivity contribution in [3.63, 3.8) is 0 Å². The van der Waals surface area contributed by atoms with Crippen LogP contribution in [0.5, 0.6) is 0 Å². The number of thiophene rings is 1. The standard InChI is InChI=1S/C28H28N4O3S/c29-14-19-5-7-21(8-6-19)28(35)32-12-10-25-23(17-32)13-26(36-25)27(34)30-15-24(33)18-31-11-9-20-3-1-2-4-22(20)16-31/h1-8,13,24,33H,9-12,15-18H2,(H,30,34). The van der Waals surface area contributed by atoms with Gasteiger partial charge in [-0.2, -0.15) is 5.26 Å². The molecule has 1 aromatic heterocycles. The predicted molar refractivity (Wildman–Crippen MR) is 138 cm³/mol. The number of fused-ring (bicyclic) bond motifs is 2. The minimum Gasteiger partial charge on any atom is -0.390 e. The summed E-state index contributed by atoms with van der Waals surface area (Å²) in [6.45, 7) is 3.47. The van der Waals surface area contributed by atoms with E-state index in [1.165, 1.54) is 22.5 Å². The monoisotopic (exact) mass is 500 g/mol. The fourth-order valence-corrected chi connectivity index (χ4v) is 5.94. The summed E-state index contributed by atoms with van der Waals surface area (Å²) in [7, 11) is 0. The average molecular weight is 501 g/mol. The van der Waals surface area contributed by atoms with Gasteiger partial charge < -0.3 is 15.3 Å². The van der Waals surface area contributed by atoms with Crippen LogP contribution >= 0.6 is 11.3 Å². The number of aliphatic hydroxyl groups excluding tert-OH is 1. The van der Waals surface area contributed by atoms with Crippen molar-refractivity contribution in [1.82, 2.24) is 15.1 Å². The lowest BCUT2D eigenvalue weighted by atomic mass is 10.00. The summed E-state index contributed by atoms with van der Waals surface area (Å²) in [5.41, 5.74) is 4.74. The number of amides is 2. The quantitative estimate of drug-likeness (QED) is 0.543. The van der Waals surface area contributed by atoms with Crippen LogP contribution in [0.15, 0.2) is 54.6 Å². The number of nitrogens with zero attached hydrogens (tertiary/aromatic N) is 3. The smallest absolute Gasteiger partial charge is 0.261 e. The van der Waals surface area contributed by atoms with Crippen LogP contribution in [0.2, 0.25) is 0 Å². The first-order chi connectivity index (χ1) is 17.5. The van der Waals surface area contributed by atoms with E-state index in [2.05, 4.69) is 34.5 Å². The van der Waals surface area contributed by atoms with E-state index in [9.17, 15) is 14.7 Å². The second-order valence-corrected chi connectivity index (χ2v) is 10.5. The van der Waals surface area contributed by atoms with Crippen LogP contribution < -0.4 is 5.32 Å². The van der Waals surface area contributed by atoms with Crippen molar-refractivity contribution in [3.8, 4) is 6.07 Å². The maximum absolute atomic E-state index is 12.9. The van der Waals surface area contributed by atoms with Crippen molar-refractivity contribution < 1.29 is 14.7 Å². The molecule has 2 aromatic carbocycles. The summed E-state index contributed by atoms with van der Waals surface area (Å²) in [5.74, 6) is -0.270. The van der Waals surface area contributed by atoms with Gasteiger partial charge in [0.1, 0.15) is 0 Å². The molecule has 36 heavy (non-hydrogen) atoms. The van der Waals surface area contributed by atoms with Crippen molar-refractivity contribution in [2.75, 3.05) is 26.2 Å². The summed E-state index contributed by atoms with van der Waals surface area (Å²) in [4.78, 5) is 31.4. The zero-order chi connectivity index (χ0) is 25.1. The van der Waals surface area contributed by atoms with Gasteiger partial charge in [-0.05, 0) is 59.9 Å². The van der Waals surface area contributed by atoms with E-state index in [1.54, 1.807) is 29.2 Å². The Morgan fingerprint density at radius 2 is 1.81 bits per heavy atom. The topological polar surface area (TPSA) is 96.7 Å². The van der Waals surface area contributed by atoms with Gasteiger partial charge in [0, 0.05) is 49.7 Å². The molecule has 0 saturated heterocycles. The third-order valence-electron chi connectivity index (χ3n) is 6.82. The third kappa shape index (κ3) is 5.34. The fourth-order valence-electron chi connectivity index (χ4n) is 4.86. The van der Waals surface area contributed by atoms with E-state index in [0.717, 1.165) is 30.0 Å². The van der Waals surface area contributed by atoms with Gasteiger partial charge in [-0.3, -0.25) is 14.5 Å². The molecular formula is C28H28N4O3S. The highest BCUT2D eigenvalue weighted by molar-refractivity contribution is 7.14. The lowest BCUT2D eigenvalue weighted by Gasteiger charge is -2.30. The molecule has 184 valence electrons. The Morgan fingerprint density at radius 1 is 1.03 bits per heavy atom. The van der Waals surface area contributed by atoms with Crippen molar-refractivity contribution >= 4 is 23.2 Å². The largest absolute Gasteiger partial charge is 0.390 e. The Labute approximate surface area is 214 Å². The zero-order valence-electron chi connectivity index (χ0n) is 19.9. The number of benzene rings is 2. The van der Waals surface area contributed by atoms with Gasteiger partial charge in [0.05, 0.1) is 22.6 Å². The van der Waals surface area contributed by atoms with Gasteiger partial charge in [0.15, 0.2) is 0 Å². The van der Waals surface area contributed by atoms with E-state index in [4.69, 9.17) is 5.26 Å². The Morgan fingerprint density at radius 3 is 2.58 bits per heavy atom. The Balaban J connectivity index is 1.13. The molecule has 2 N–H and O–H groups in total. The number of aliphatic hydroxyl groups is 1. The summed E-state index contributed by atoms with van der Waals surface area (Å²) >= 11 is 1.46. The van der Waals surface area contributed by atoms with Crippen LogP contribution in [-0.4, -0.2) is 59.0 Å². The molecule has 8 heteroatoms. The maximum Gasteiger partial charge on any atom is 0.261 e. The molecule has 3 heterocycles. The van der Waals surface area contributed by atoms with Gasteiger partial charge in [0.2, 0.25) is 0 Å². The Hall–Kier alpha value is -3.51. The van der Waals surface area contributed by atoms with E-state index < -0.39 is 6.10 Å². The van der Waals surface area contributed by atoms with E-state index >= 15 is 0 Å². The first-order valence-electron chi connectivity index (χ1n) is 12.2. The highest BCUT2D eigenvalue weighted by Crippen LogP contribution is 2.29. The number of nitriles is 1. The summed E-state index contributed by atoms with van der Waals surface area (Å²) in [6, 6.07) is 19.0. The van der Waals surface area contributed by atoms with Gasteiger partial charge in [-0.1, -0.05) is 24.3 Å². The molecule has 2 aliphatic rings. The number of hydrogen-bond donors (Lipinski definition) is 2. The maximum atomic E-state index is 12.9. The minimum atomic E-state index is -0.644. The molecule has 0 radical (unpaired) electrons. The lowest BCUT2D eigenvalue weighted by Crippen LogP contribution is -2.41. The van der Waals surface area contributed by atoms with Crippen LogP contribution in [0.3, 0.4) is 0 Å². The van der Waals surface area contributed by atoms with Crippen LogP contribution in [0, 0.1) is 11.3 Å². The van der Waals surface area contributed by atoms with Crippen LogP contribution in [0.1, 0.15) is 47.2 Å². The molecule has 0 saturated carbocycles. The normalized spacial score (nSPS) is 15.9. The van der Waals surface area contributed by atoms with Crippen molar-refractivity contribution in [2.45, 2.75) is 32.0 Å². The molecular weight excluding hydrogens is 472 g/mol. The highest BCUT2D eigenvalue weighted by atomic mass is 32.1. The van der Waals surface area contributed by atoms with Gasteiger partial charge in [-0.15, -0.1) is 11.3 Å². The zero-order valence-corrected chi connectivity index (χ0v) is 20.8. The number of hydrogen-bond acceptors (Lipinski definition) is 6. The summed E-state index contributed by atoms with van der Waals surface area (Å²) in [6.07, 6.45) is 1.03. The summed E-state index contributed by atoms with van der Waals surface area (Å²) < 4.78 is 0. The van der Waals surface area contributed by atoms with Gasteiger partial charge in [0.25, 0.3) is 11.8 Å². The molecule has 2 aliphatic heterocycles. The number of nitrogens with one attached hydrogen (secondary N) is 1. The van der Waals surface area contributed by atoms with Gasteiger partial charge >= 0.3 is 0 Å². The van der Waals surface area contributed by atoms with Crippen molar-refractivity contribution in [1.29, 1.82) is 5.26 Å². The fraction of sp³-hybridized carbons (Fsp3) is 0.321. The second kappa shape index (κ2) is 10.6. The molecule has 1 atom stereocenters. The number of carbonyl (C=O) groups excluding carboxylic acids is 2. The number of rotatable bonds is 6. The van der Waals surface area contributed by atoms with Crippen LogP contribution in [0.25, 0.3) is 0 Å². The lowest BCUT2D eigenvalue weighted by molar-refractivity contribution is 0.0736. The highest BCUT2D eigenvalue weighted by Gasteiger charge is 2.25. The first-order valence-corrected chi connectivity index (χ1v) is 13.0. The minimum absolute atomic E-state index is 0.0780. The predicted octanol–water partition coefficient (Wildman–Crippen LogP) is 2.97. The van der Waals surface area contributed by atoms with Crippen molar-refractivity contribution in [3.05, 3.63) is 92.2 Å². The molecule has 0 bridgehead atoms. The molecule has 0 aliphatic carbocycles. The third-order valence-corrected chi connectivity index (χ3v) is 8.05. The van der Waals surface area contributed by atoms with E-state index in [0.29, 0.717) is 42.1 Å². The van der Waals surface area contributed by atoms with E-state index in [1.807, 2.05) is 12.1 Å². The molecule has 2 amide bonds. The van der Waals surface area contributed by atoms with E-state index in [-0.39, 0.29) is 18.4 Å². The molecule has 0 spiro atoms. The first kappa shape index (κ1) is 24.2. The second-order valence-electron chi connectivity index (χ2n) is 9.34. The summed E-state index contributed by atoms with van der Waals surface area (Å²) in [5, 5.41) is 22.4. The number of β-amino-alcohol motifs (C(OH)–C–C–N with tert-alkyl or cyclic N) is 1.